The Labute approximate surface area is 78.0 Å². The molecule has 64 valence electrons. The van der Waals surface area contributed by atoms with Crippen molar-refractivity contribution in [2.24, 2.45) is 0 Å². The first-order chi connectivity index (χ1) is 6.27. The third kappa shape index (κ3) is 2.32. The Morgan fingerprint density at radius 3 is 2.31 bits per heavy atom. The van der Waals surface area contributed by atoms with Gasteiger partial charge in [0.05, 0.1) is 24.5 Å². The number of nitrogens with zero attached hydrogens (tertiary/aromatic N) is 2. The molecule has 0 radical (unpaired) electrons. The van der Waals surface area contributed by atoms with Crippen molar-refractivity contribution in [1.29, 1.82) is 10.5 Å². The first-order valence-corrected chi connectivity index (χ1v) is 4.13. The van der Waals surface area contributed by atoms with Gasteiger partial charge in [-0.05, 0) is 18.1 Å². The van der Waals surface area contributed by atoms with E-state index in [2.05, 4.69) is 12.1 Å². The van der Waals surface area contributed by atoms with Gasteiger partial charge in [0.15, 0.2) is 0 Å². The second-order valence-corrected chi connectivity index (χ2v) is 2.93. The molecule has 2 heteroatoms. The van der Waals surface area contributed by atoms with E-state index in [4.69, 9.17) is 10.5 Å². The maximum absolute atomic E-state index is 8.66. The van der Waals surface area contributed by atoms with Crippen LogP contribution in [-0.2, 0) is 6.42 Å². The molecule has 0 N–H and O–H groups in total. The predicted molar refractivity (Wildman–Crippen MR) is 49.8 cm³/mol. The van der Waals surface area contributed by atoms with Crippen LogP contribution in [0.4, 0.5) is 0 Å². The average molecular weight is 170 g/mol. The molecule has 1 aromatic carbocycles. The Balaban J connectivity index is 2.83. The molecule has 0 amide bonds. The molecule has 0 aliphatic rings. The summed E-state index contributed by atoms with van der Waals surface area (Å²) >= 11 is 0. The van der Waals surface area contributed by atoms with Crippen molar-refractivity contribution >= 4 is 0 Å². The minimum absolute atomic E-state index is 0.0730. The van der Waals surface area contributed by atoms with Gasteiger partial charge in [0.1, 0.15) is 0 Å². The topological polar surface area (TPSA) is 47.6 Å². The molecule has 0 aliphatic heterocycles. The Bertz CT molecular complexity index is 351. The number of rotatable bonds is 2. The summed E-state index contributed by atoms with van der Waals surface area (Å²) in [6.07, 6.45) is 0.432. The van der Waals surface area contributed by atoms with Gasteiger partial charge in [-0.25, -0.2) is 0 Å². The first-order valence-electron chi connectivity index (χ1n) is 4.13. The Hall–Kier alpha value is -1.80. The van der Waals surface area contributed by atoms with Gasteiger partial charge in [0.2, 0.25) is 0 Å². The zero-order valence-corrected chi connectivity index (χ0v) is 7.49. The van der Waals surface area contributed by atoms with Crippen molar-refractivity contribution in [2.75, 3.05) is 0 Å². The molecule has 1 atom stereocenters. The van der Waals surface area contributed by atoms with Crippen molar-refractivity contribution < 1.29 is 0 Å². The molecule has 1 unspecified atom stereocenters. The molecule has 0 saturated heterocycles. The van der Waals surface area contributed by atoms with E-state index in [-0.39, 0.29) is 5.92 Å². The summed E-state index contributed by atoms with van der Waals surface area (Å²) in [5.74, 6) is -0.0730. The lowest BCUT2D eigenvalue weighted by Gasteiger charge is -2.02. The van der Waals surface area contributed by atoms with E-state index >= 15 is 0 Å². The number of nitriles is 2. The monoisotopic (exact) mass is 170 g/mol. The summed E-state index contributed by atoms with van der Waals surface area (Å²) < 4.78 is 0. The second-order valence-electron chi connectivity index (χ2n) is 2.93. The van der Waals surface area contributed by atoms with E-state index < -0.39 is 0 Å². The van der Waals surface area contributed by atoms with Crippen LogP contribution in [0.3, 0.4) is 0 Å². The van der Waals surface area contributed by atoms with Crippen LogP contribution in [0.1, 0.15) is 24.0 Å². The summed E-state index contributed by atoms with van der Waals surface area (Å²) in [6, 6.07) is 11.8. The molecule has 1 rings (SSSR count). The standard InChI is InChI=1S/C11H10N2/c1-9(8-13)11-4-2-10(3-5-11)6-7-12/h2-5,9H,6H2,1H3. The van der Waals surface area contributed by atoms with Gasteiger partial charge in [-0.1, -0.05) is 24.3 Å². The van der Waals surface area contributed by atoms with E-state index in [1.165, 1.54) is 0 Å². The van der Waals surface area contributed by atoms with Crippen molar-refractivity contribution in [3.05, 3.63) is 35.4 Å². The average Bonchev–Trinajstić information content (AvgIpc) is 2.18. The number of hydrogen-bond acceptors (Lipinski definition) is 2. The smallest absolute Gasteiger partial charge is 0.0700 e. The van der Waals surface area contributed by atoms with E-state index in [1.54, 1.807) is 0 Å². The van der Waals surface area contributed by atoms with Crippen LogP contribution in [0, 0.1) is 22.7 Å². The molecule has 0 saturated carbocycles. The molecule has 0 aromatic heterocycles. The van der Waals surface area contributed by atoms with Crippen LogP contribution in [0.5, 0.6) is 0 Å². The van der Waals surface area contributed by atoms with Gasteiger partial charge >= 0.3 is 0 Å². The number of benzene rings is 1. The zero-order valence-electron chi connectivity index (χ0n) is 7.49. The van der Waals surface area contributed by atoms with Crippen molar-refractivity contribution in [3.8, 4) is 12.1 Å². The molecule has 13 heavy (non-hydrogen) atoms. The highest BCUT2D eigenvalue weighted by atomic mass is 14.3. The molecular formula is C11H10N2. The van der Waals surface area contributed by atoms with Crippen LogP contribution < -0.4 is 0 Å². The molecular weight excluding hydrogens is 160 g/mol. The highest BCUT2D eigenvalue weighted by molar-refractivity contribution is 5.29. The quantitative estimate of drug-likeness (QED) is 0.684. The minimum Gasteiger partial charge on any atom is -0.198 e. The van der Waals surface area contributed by atoms with Gasteiger partial charge in [0, 0.05) is 0 Å². The zero-order chi connectivity index (χ0) is 9.68. The molecule has 0 spiro atoms. The van der Waals surface area contributed by atoms with Gasteiger partial charge in [-0.3, -0.25) is 0 Å². The summed E-state index contributed by atoms with van der Waals surface area (Å²) in [4.78, 5) is 0. The lowest BCUT2D eigenvalue weighted by atomic mass is 10.0. The third-order valence-electron chi connectivity index (χ3n) is 1.96. The van der Waals surface area contributed by atoms with Crippen molar-refractivity contribution in [3.63, 3.8) is 0 Å². The molecule has 0 fully saturated rings. The fraction of sp³-hybridized carbons (Fsp3) is 0.273. The van der Waals surface area contributed by atoms with Crippen molar-refractivity contribution in [1.82, 2.24) is 0 Å². The highest BCUT2D eigenvalue weighted by Gasteiger charge is 2.02. The van der Waals surface area contributed by atoms with Crippen LogP contribution in [0.2, 0.25) is 0 Å². The maximum atomic E-state index is 8.66. The molecule has 0 heterocycles. The highest BCUT2D eigenvalue weighted by Crippen LogP contribution is 2.14. The lowest BCUT2D eigenvalue weighted by Crippen LogP contribution is -1.89. The van der Waals surface area contributed by atoms with Crippen LogP contribution in [0.25, 0.3) is 0 Å². The second kappa shape index (κ2) is 4.28. The summed E-state index contributed by atoms with van der Waals surface area (Å²) in [6.45, 7) is 1.86. The Morgan fingerprint density at radius 2 is 1.85 bits per heavy atom. The third-order valence-corrected chi connectivity index (χ3v) is 1.96. The normalized spacial score (nSPS) is 11.3. The van der Waals surface area contributed by atoms with Gasteiger partial charge in [-0.15, -0.1) is 0 Å². The van der Waals surface area contributed by atoms with E-state index in [0.29, 0.717) is 6.42 Å². The van der Waals surface area contributed by atoms with Crippen LogP contribution >= 0.6 is 0 Å². The maximum Gasteiger partial charge on any atom is 0.0700 e. The molecule has 0 bridgehead atoms. The Morgan fingerprint density at radius 1 is 1.23 bits per heavy atom. The predicted octanol–water partition coefficient (Wildman–Crippen LogP) is 2.38. The minimum atomic E-state index is -0.0730. The van der Waals surface area contributed by atoms with Gasteiger partial charge in [0.25, 0.3) is 0 Å². The summed E-state index contributed by atoms with van der Waals surface area (Å²) in [5.41, 5.74) is 2.00. The number of hydrogen-bond donors (Lipinski definition) is 0. The van der Waals surface area contributed by atoms with Crippen LogP contribution in [0.15, 0.2) is 24.3 Å². The van der Waals surface area contributed by atoms with E-state index in [1.807, 2.05) is 31.2 Å². The fourth-order valence-corrected chi connectivity index (χ4v) is 1.09. The summed E-state index contributed by atoms with van der Waals surface area (Å²) in [7, 11) is 0. The lowest BCUT2D eigenvalue weighted by molar-refractivity contribution is 0.979. The van der Waals surface area contributed by atoms with Gasteiger partial charge < -0.3 is 0 Å². The SMILES string of the molecule is CC(C#N)c1ccc(CC#N)cc1. The summed E-state index contributed by atoms with van der Waals surface area (Å²) in [5, 5.41) is 17.1. The van der Waals surface area contributed by atoms with E-state index in [0.717, 1.165) is 11.1 Å². The van der Waals surface area contributed by atoms with E-state index in [9.17, 15) is 0 Å². The molecule has 0 aliphatic carbocycles. The fourth-order valence-electron chi connectivity index (χ4n) is 1.09. The first kappa shape index (κ1) is 9.29. The Kier molecular flexibility index (Phi) is 3.06. The molecule has 1 aromatic rings. The van der Waals surface area contributed by atoms with Crippen LogP contribution in [-0.4, -0.2) is 0 Å². The van der Waals surface area contributed by atoms with Crippen molar-refractivity contribution in [2.45, 2.75) is 19.3 Å². The molecule has 2 nitrogen and oxygen atoms in total. The largest absolute Gasteiger partial charge is 0.198 e. The van der Waals surface area contributed by atoms with Gasteiger partial charge in [-0.2, -0.15) is 10.5 Å².